The van der Waals surface area contributed by atoms with Crippen molar-refractivity contribution < 1.29 is 23.1 Å². The topological polar surface area (TPSA) is 58.6 Å². The number of nitrogens with one attached hydrogen (secondary N) is 1. The van der Waals surface area contributed by atoms with E-state index in [1.807, 2.05) is 18.2 Å². The third kappa shape index (κ3) is 4.15. The first kappa shape index (κ1) is 19.6. The van der Waals surface area contributed by atoms with E-state index in [1.165, 1.54) is 6.07 Å². The molecular weight excluding hydrogens is 390 g/mol. The van der Waals surface area contributed by atoms with Crippen molar-refractivity contribution in [2.75, 3.05) is 0 Å². The average molecular weight is 408 g/mol. The molecule has 0 radical (unpaired) electrons. The van der Waals surface area contributed by atoms with Gasteiger partial charge in [0.15, 0.2) is 0 Å². The fraction of sp³-hybridized carbons (Fsp3) is 0.130. The summed E-state index contributed by atoms with van der Waals surface area (Å²) >= 11 is 0. The van der Waals surface area contributed by atoms with Crippen molar-refractivity contribution in [3.63, 3.8) is 0 Å². The molecule has 1 heterocycles. The first-order valence-electron chi connectivity index (χ1n) is 9.38. The lowest BCUT2D eigenvalue weighted by atomic mass is 10.0. The molecule has 152 valence electrons. The van der Waals surface area contributed by atoms with E-state index in [0.29, 0.717) is 17.1 Å². The molecule has 0 bridgehead atoms. The monoisotopic (exact) mass is 408 g/mol. The standard InChI is InChI=1S/C23H18F2N2O3/c24-16-10-11-18(19(25)12-16)20-13-22(28)27(23(29)26-20)14-15-6-4-5-9-21(15)30-17-7-2-1-3-8-17/h1-12,20H,13-14H2,(H,26,29). The second-order valence-electron chi connectivity index (χ2n) is 6.87. The van der Waals surface area contributed by atoms with Crippen LogP contribution in [0.15, 0.2) is 72.8 Å². The Morgan fingerprint density at radius 1 is 0.967 bits per heavy atom. The number of urea groups is 1. The highest BCUT2D eigenvalue weighted by atomic mass is 19.1. The van der Waals surface area contributed by atoms with Crippen LogP contribution in [0.5, 0.6) is 11.5 Å². The van der Waals surface area contributed by atoms with Crippen LogP contribution in [-0.4, -0.2) is 16.8 Å². The molecule has 1 saturated heterocycles. The Bertz CT molecular complexity index is 1070. The van der Waals surface area contributed by atoms with Gasteiger partial charge in [-0.05, 0) is 24.3 Å². The minimum absolute atomic E-state index is 0.00624. The molecule has 1 N–H and O–H groups in total. The Morgan fingerprint density at radius 3 is 2.43 bits per heavy atom. The first-order valence-corrected chi connectivity index (χ1v) is 9.38. The van der Waals surface area contributed by atoms with Crippen LogP contribution in [0.4, 0.5) is 13.6 Å². The lowest BCUT2D eigenvalue weighted by molar-refractivity contribution is -0.130. The Morgan fingerprint density at radius 2 is 1.70 bits per heavy atom. The largest absolute Gasteiger partial charge is 0.457 e. The van der Waals surface area contributed by atoms with Crippen LogP contribution in [0.3, 0.4) is 0 Å². The minimum Gasteiger partial charge on any atom is -0.457 e. The van der Waals surface area contributed by atoms with Crippen LogP contribution in [0.1, 0.15) is 23.6 Å². The lowest BCUT2D eigenvalue weighted by Crippen LogP contribution is -2.50. The number of imide groups is 1. The highest BCUT2D eigenvalue weighted by molar-refractivity contribution is 5.97. The summed E-state index contributed by atoms with van der Waals surface area (Å²) in [6, 6.07) is 17.8. The number of nitrogens with zero attached hydrogens (tertiary/aromatic N) is 1. The molecule has 0 spiro atoms. The summed E-state index contributed by atoms with van der Waals surface area (Å²) in [5.74, 6) is -0.825. The zero-order chi connectivity index (χ0) is 21.1. The molecular formula is C23H18F2N2O3. The number of hydrogen-bond acceptors (Lipinski definition) is 3. The molecule has 0 aromatic heterocycles. The second kappa shape index (κ2) is 8.32. The molecule has 30 heavy (non-hydrogen) atoms. The fourth-order valence-corrected chi connectivity index (χ4v) is 3.33. The van der Waals surface area contributed by atoms with Gasteiger partial charge in [-0.25, -0.2) is 13.6 Å². The summed E-state index contributed by atoms with van der Waals surface area (Å²) in [5.41, 5.74) is 0.724. The quantitative estimate of drug-likeness (QED) is 0.651. The van der Waals surface area contributed by atoms with Crippen LogP contribution >= 0.6 is 0 Å². The van der Waals surface area contributed by atoms with Crippen LogP contribution in [0.25, 0.3) is 0 Å². The molecule has 3 aromatic rings. The van der Waals surface area contributed by atoms with Gasteiger partial charge in [-0.1, -0.05) is 42.5 Å². The molecule has 0 aliphatic carbocycles. The molecule has 1 unspecified atom stereocenters. The Hall–Kier alpha value is -3.74. The van der Waals surface area contributed by atoms with Gasteiger partial charge in [0, 0.05) is 17.2 Å². The normalized spacial score (nSPS) is 16.3. The van der Waals surface area contributed by atoms with Crippen LogP contribution in [-0.2, 0) is 11.3 Å². The van der Waals surface area contributed by atoms with Crippen molar-refractivity contribution in [3.8, 4) is 11.5 Å². The van der Waals surface area contributed by atoms with E-state index in [9.17, 15) is 18.4 Å². The number of ether oxygens (including phenoxy) is 1. The van der Waals surface area contributed by atoms with E-state index in [2.05, 4.69) is 5.32 Å². The van der Waals surface area contributed by atoms with Crippen LogP contribution in [0.2, 0.25) is 0 Å². The summed E-state index contributed by atoms with van der Waals surface area (Å²) in [4.78, 5) is 26.3. The van der Waals surface area contributed by atoms with Gasteiger partial charge >= 0.3 is 6.03 Å². The summed E-state index contributed by atoms with van der Waals surface area (Å²) in [7, 11) is 0. The zero-order valence-electron chi connectivity index (χ0n) is 15.8. The van der Waals surface area contributed by atoms with E-state index < -0.39 is 29.6 Å². The highest BCUT2D eigenvalue weighted by Crippen LogP contribution is 2.29. The van der Waals surface area contributed by atoms with Crippen molar-refractivity contribution in [2.45, 2.75) is 19.0 Å². The van der Waals surface area contributed by atoms with Crippen molar-refractivity contribution in [1.29, 1.82) is 0 Å². The molecule has 7 heteroatoms. The number of hydrogen-bond donors (Lipinski definition) is 1. The minimum atomic E-state index is -0.849. The van der Waals surface area contributed by atoms with E-state index in [-0.39, 0.29) is 18.5 Å². The maximum absolute atomic E-state index is 14.1. The first-order chi connectivity index (χ1) is 14.5. The third-order valence-corrected chi connectivity index (χ3v) is 4.83. The highest BCUT2D eigenvalue weighted by Gasteiger charge is 2.34. The number of carbonyl (C=O) groups is 2. The Labute approximate surface area is 171 Å². The van der Waals surface area contributed by atoms with Gasteiger partial charge in [-0.3, -0.25) is 9.69 Å². The van der Waals surface area contributed by atoms with Crippen LogP contribution in [0, 0.1) is 11.6 Å². The number of amides is 3. The van der Waals surface area contributed by atoms with Gasteiger partial charge in [-0.2, -0.15) is 0 Å². The van der Waals surface area contributed by atoms with Gasteiger partial charge in [0.05, 0.1) is 19.0 Å². The van der Waals surface area contributed by atoms with Gasteiger partial charge in [0.25, 0.3) is 0 Å². The van der Waals surface area contributed by atoms with Crippen molar-refractivity contribution >= 4 is 11.9 Å². The van der Waals surface area contributed by atoms with Crippen molar-refractivity contribution in [3.05, 3.63) is 95.6 Å². The molecule has 3 amide bonds. The van der Waals surface area contributed by atoms with E-state index in [0.717, 1.165) is 17.0 Å². The van der Waals surface area contributed by atoms with Gasteiger partial charge in [0.1, 0.15) is 23.1 Å². The summed E-state index contributed by atoms with van der Waals surface area (Å²) in [5, 5.41) is 2.63. The van der Waals surface area contributed by atoms with E-state index in [1.54, 1.807) is 36.4 Å². The fourth-order valence-electron chi connectivity index (χ4n) is 3.33. The molecule has 4 rings (SSSR count). The SMILES string of the molecule is O=C1CC(c2ccc(F)cc2F)NC(=O)N1Cc1ccccc1Oc1ccccc1. The van der Waals surface area contributed by atoms with Crippen LogP contribution < -0.4 is 10.1 Å². The average Bonchev–Trinajstić information content (AvgIpc) is 2.72. The van der Waals surface area contributed by atoms with Crippen molar-refractivity contribution in [1.82, 2.24) is 10.2 Å². The summed E-state index contributed by atoms with van der Waals surface area (Å²) in [6.45, 7) is 0.00624. The van der Waals surface area contributed by atoms with Gasteiger partial charge < -0.3 is 10.1 Å². The summed E-state index contributed by atoms with van der Waals surface area (Å²) < 4.78 is 33.1. The van der Waals surface area contributed by atoms with Gasteiger partial charge in [-0.15, -0.1) is 0 Å². The number of rotatable bonds is 5. The molecule has 1 atom stereocenters. The molecule has 1 fully saturated rings. The second-order valence-corrected chi connectivity index (χ2v) is 6.87. The van der Waals surface area contributed by atoms with E-state index >= 15 is 0 Å². The van der Waals surface area contributed by atoms with E-state index in [4.69, 9.17) is 4.74 Å². The zero-order valence-corrected chi connectivity index (χ0v) is 15.8. The maximum Gasteiger partial charge on any atom is 0.324 e. The smallest absolute Gasteiger partial charge is 0.324 e. The number of halogens is 2. The maximum atomic E-state index is 14.1. The third-order valence-electron chi connectivity index (χ3n) is 4.83. The van der Waals surface area contributed by atoms with Gasteiger partial charge in [0.2, 0.25) is 5.91 Å². The molecule has 0 saturated carbocycles. The molecule has 1 aliphatic heterocycles. The molecule has 3 aromatic carbocycles. The Balaban J connectivity index is 1.51. The Kier molecular flexibility index (Phi) is 5.43. The number of benzene rings is 3. The molecule has 1 aliphatic rings. The molecule has 5 nitrogen and oxygen atoms in total. The summed E-state index contributed by atoms with van der Waals surface area (Å²) in [6.07, 6.45) is -0.129. The predicted octanol–water partition coefficient (Wildman–Crippen LogP) is 4.94. The van der Waals surface area contributed by atoms with Crippen molar-refractivity contribution in [2.24, 2.45) is 0 Å². The predicted molar refractivity (Wildman–Crippen MR) is 106 cm³/mol. The lowest BCUT2D eigenvalue weighted by Gasteiger charge is -2.32. The number of carbonyl (C=O) groups excluding carboxylic acids is 2. The number of para-hydroxylation sites is 2.